The average molecular weight is 357 g/mol. The quantitative estimate of drug-likeness (QED) is 0.800. The van der Waals surface area contributed by atoms with E-state index in [2.05, 4.69) is 5.32 Å². The Morgan fingerprint density at radius 1 is 1.16 bits per heavy atom. The summed E-state index contributed by atoms with van der Waals surface area (Å²) in [7, 11) is 3.89. The molecule has 1 N–H and O–H groups in total. The monoisotopic (exact) mass is 357 g/mol. The molecule has 6 nitrogen and oxygen atoms in total. The molecule has 2 heterocycles. The lowest BCUT2D eigenvalue weighted by atomic mass is 10.1. The van der Waals surface area contributed by atoms with Crippen molar-refractivity contribution in [1.82, 2.24) is 15.1 Å². The van der Waals surface area contributed by atoms with Gasteiger partial charge in [0.05, 0.1) is 17.2 Å². The molecule has 130 valence electrons. The number of amides is 3. The van der Waals surface area contributed by atoms with Gasteiger partial charge in [-0.05, 0) is 48.6 Å². The lowest BCUT2D eigenvalue weighted by Gasteiger charge is -2.24. The number of thiophene rings is 1. The van der Waals surface area contributed by atoms with Crippen molar-refractivity contribution in [3.05, 3.63) is 57.8 Å². The number of rotatable bonds is 6. The number of imide groups is 1. The van der Waals surface area contributed by atoms with E-state index < -0.39 is 11.8 Å². The molecule has 1 aliphatic rings. The zero-order valence-corrected chi connectivity index (χ0v) is 14.9. The van der Waals surface area contributed by atoms with Gasteiger partial charge in [-0.3, -0.25) is 19.3 Å². The Balaban J connectivity index is 1.62. The van der Waals surface area contributed by atoms with Gasteiger partial charge in [0, 0.05) is 6.54 Å². The maximum Gasteiger partial charge on any atom is 0.262 e. The van der Waals surface area contributed by atoms with Gasteiger partial charge in [0.2, 0.25) is 5.91 Å². The van der Waals surface area contributed by atoms with Crippen LogP contribution in [0.4, 0.5) is 0 Å². The van der Waals surface area contributed by atoms with E-state index in [0.717, 1.165) is 10.5 Å². The highest BCUT2D eigenvalue weighted by molar-refractivity contribution is 7.07. The maximum absolute atomic E-state index is 12.3. The Kier molecular flexibility index (Phi) is 4.96. The van der Waals surface area contributed by atoms with Crippen molar-refractivity contribution in [2.45, 2.75) is 6.04 Å². The molecule has 7 heteroatoms. The highest BCUT2D eigenvalue weighted by Gasteiger charge is 2.36. The number of likely N-dealkylation sites (N-methyl/N-ethyl adjacent to an activating group) is 1. The second kappa shape index (κ2) is 7.16. The molecular formula is C18H19N3O3S. The lowest BCUT2D eigenvalue weighted by Crippen LogP contribution is -2.42. The molecule has 3 rings (SSSR count). The largest absolute Gasteiger partial charge is 0.353 e. The van der Waals surface area contributed by atoms with Crippen LogP contribution >= 0.6 is 11.3 Å². The minimum Gasteiger partial charge on any atom is -0.353 e. The number of hydrogen-bond donors (Lipinski definition) is 1. The summed E-state index contributed by atoms with van der Waals surface area (Å²) in [6, 6.07) is 8.67. The van der Waals surface area contributed by atoms with E-state index in [1.54, 1.807) is 35.6 Å². The fraction of sp³-hybridized carbons (Fsp3) is 0.278. The van der Waals surface area contributed by atoms with E-state index in [1.807, 2.05) is 35.8 Å². The molecule has 25 heavy (non-hydrogen) atoms. The van der Waals surface area contributed by atoms with Crippen LogP contribution in [0.1, 0.15) is 32.3 Å². The molecule has 0 saturated heterocycles. The van der Waals surface area contributed by atoms with Crippen LogP contribution in [0.3, 0.4) is 0 Å². The van der Waals surface area contributed by atoms with Gasteiger partial charge in [0.1, 0.15) is 6.54 Å². The summed E-state index contributed by atoms with van der Waals surface area (Å²) in [6.45, 7) is 0.141. The molecule has 0 aliphatic carbocycles. The number of carbonyl (C=O) groups excluding carboxylic acids is 3. The fourth-order valence-corrected chi connectivity index (χ4v) is 3.56. The van der Waals surface area contributed by atoms with E-state index in [0.29, 0.717) is 17.7 Å². The van der Waals surface area contributed by atoms with E-state index >= 15 is 0 Å². The van der Waals surface area contributed by atoms with Crippen LogP contribution in [0.5, 0.6) is 0 Å². The first kappa shape index (κ1) is 17.3. The van der Waals surface area contributed by atoms with Crippen LogP contribution in [0, 0.1) is 0 Å². The highest BCUT2D eigenvalue weighted by atomic mass is 32.1. The summed E-state index contributed by atoms with van der Waals surface area (Å²) < 4.78 is 0. The third-order valence-corrected chi connectivity index (χ3v) is 4.93. The molecule has 2 aromatic rings. The van der Waals surface area contributed by atoms with E-state index in [4.69, 9.17) is 0 Å². The molecule has 0 fully saturated rings. The van der Waals surface area contributed by atoms with Crippen LogP contribution in [-0.2, 0) is 4.79 Å². The summed E-state index contributed by atoms with van der Waals surface area (Å²) in [4.78, 5) is 39.9. The molecule has 1 aromatic carbocycles. The first-order valence-electron chi connectivity index (χ1n) is 7.89. The number of nitrogens with zero attached hydrogens (tertiary/aromatic N) is 2. The minimum atomic E-state index is -0.419. The normalized spacial score (nSPS) is 14.8. The van der Waals surface area contributed by atoms with Gasteiger partial charge in [-0.15, -0.1) is 0 Å². The summed E-state index contributed by atoms with van der Waals surface area (Å²) in [6.07, 6.45) is 0. The predicted molar refractivity (Wildman–Crippen MR) is 95.6 cm³/mol. The lowest BCUT2D eigenvalue weighted by molar-refractivity contribution is -0.121. The molecule has 0 bridgehead atoms. The van der Waals surface area contributed by atoms with Crippen LogP contribution < -0.4 is 5.32 Å². The van der Waals surface area contributed by atoms with Crippen LogP contribution in [0.15, 0.2) is 41.1 Å². The molecule has 1 unspecified atom stereocenters. The van der Waals surface area contributed by atoms with E-state index in [-0.39, 0.29) is 18.5 Å². The standard InChI is InChI=1S/C18H19N3O3S/c1-20(2)15(12-7-8-25-11-12)9-19-16(22)10-21-17(23)13-5-3-4-6-14(13)18(21)24/h3-8,11,15H,9-10H2,1-2H3,(H,19,22). The number of nitrogens with one attached hydrogen (secondary N) is 1. The van der Waals surface area contributed by atoms with Crippen molar-refractivity contribution in [2.24, 2.45) is 0 Å². The van der Waals surface area contributed by atoms with Gasteiger partial charge in [-0.25, -0.2) is 0 Å². The third-order valence-electron chi connectivity index (χ3n) is 4.22. The average Bonchev–Trinajstić information content (AvgIpc) is 3.19. The van der Waals surface area contributed by atoms with Gasteiger partial charge < -0.3 is 10.2 Å². The van der Waals surface area contributed by atoms with Crippen LogP contribution in [0.2, 0.25) is 0 Å². The minimum absolute atomic E-state index is 0.0392. The number of carbonyl (C=O) groups is 3. The Labute approximate surface area is 150 Å². The fourth-order valence-electron chi connectivity index (χ4n) is 2.86. The molecule has 0 spiro atoms. The third kappa shape index (κ3) is 3.47. The van der Waals surface area contributed by atoms with Crippen molar-refractivity contribution in [3.63, 3.8) is 0 Å². The summed E-state index contributed by atoms with van der Waals surface area (Å²) >= 11 is 1.60. The molecule has 1 aliphatic heterocycles. The molecular weight excluding hydrogens is 338 g/mol. The first-order chi connectivity index (χ1) is 12.0. The number of hydrogen-bond acceptors (Lipinski definition) is 5. The van der Waals surface area contributed by atoms with E-state index in [9.17, 15) is 14.4 Å². The van der Waals surface area contributed by atoms with Gasteiger partial charge in [0.25, 0.3) is 11.8 Å². The van der Waals surface area contributed by atoms with Crippen LogP contribution in [0.25, 0.3) is 0 Å². The summed E-state index contributed by atoms with van der Waals surface area (Å²) in [5.74, 6) is -1.19. The van der Waals surface area contributed by atoms with Crippen molar-refractivity contribution < 1.29 is 14.4 Å². The van der Waals surface area contributed by atoms with Gasteiger partial charge in [-0.1, -0.05) is 12.1 Å². The Hall–Kier alpha value is -2.51. The topological polar surface area (TPSA) is 69.7 Å². The SMILES string of the molecule is CN(C)C(CNC(=O)CN1C(=O)c2ccccc2C1=O)c1ccsc1. The Bertz CT molecular complexity index is 767. The van der Waals surface area contributed by atoms with Gasteiger partial charge >= 0.3 is 0 Å². The van der Waals surface area contributed by atoms with Crippen LogP contribution in [-0.4, -0.2) is 54.7 Å². The highest BCUT2D eigenvalue weighted by Crippen LogP contribution is 2.22. The molecule has 1 aromatic heterocycles. The smallest absolute Gasteiger partial charge is 0.262 e. The predicted octanol–water partition coefficient (Wildman–Crippen LogP) is 1.76. The molecule has 3 amide bonds. The molecule has 0 radical (unpaired) electrons. The van der Waals surface area contributed by atoms with Gasteiger partial charge in [-0.2, -0.15) is 11.3 Å². The van der Waals surface area contributed by atoms with Crippen molar-refractivity contribution in [1.29, 1.82) is 0 Å². The van der Waals surface area contributed by atoms with Crippen molar-refractivity contribution in [2.75, 3.05) is 27.2 Å². The zero-order chi connectivity index (χ0) is 18.0. The Morgan fingerprint density at radius 3 is 2.32 bits per heavy atom. The summed E-state index contributed by atoms with van der Waals surface area (Å²) in [5, 5.41) is 6.86. The second-order valence-corrected chi connectivity index (χ2v) is 6.86. The summed E-state index contributed by atoms with van der Waals surface area (Å²) in [5.41, 5.74) is 1.82. The van der Waals surface area contributed by atoms with Crippen molar-refractivity contribution >= 4 is 29.1 Å². The number of benzene rings is 1. The Morgan fingerprint density at radius 2 is 1.80 bits per heavy atom. The maximum atomic E-state index is 12.3. The molecule has 1 atom stereocenters. The molecule has 0 saturated carbocycles. The van der Waals surface area contributed by atoms with Crippen molar-refractivity contribution in [3.8, 4) is 0 Å². The second-order valence-electron chi connectivity index (χ2n) is 6.08. The van der Waals surface area contributed by atoms with Gasteiger partial charge in [0.15, 0.2) is 0 Å². The first-order valence-corrected chi connectivity index (χ1v) is 8.83. The number of fused-ring (bicyclic) bond motifs is 1. The zero-order valence-electron chi connectivity index (χ0n) is 14.1. The van der Waals surface area contributed by atoms with E-state index in [1.165, 1.54) is 0 Å².